The number of carboxylic acid groups (broad SMARTS) is 1. The van der Waals surface area contributed by atoms with E-state index in [0.717, 1.165) is 36.0 Å². The van der Waals surface area contributed by atoms with Crippen LogP contribution in [0.3, 0.4) is 0 Å². The summed E-state index contributed by atoms with van der Waals surface area (Å²) in [7, 11) is 0. The molecule has 6 nitrogen and oxygen atoms in total. The summed E-state index contributed by atoms with van der Waals surface area (Å²) < 4.78 is 0. The zero-order chi connectivity index (χ0) is 14.4. The number of nitrogens with one attached hydrogen (secondary N) is 1. The van der Waals surface area contributed by atoms with Crippen LogP contribution in [0.15, 0.2) is 34.6 Å². The molecule has 2 aromatic heterocycles. The Morgan fingerprint density at radius 1 is 1.45 bits per heavy atom. The first-order chi connectivity index (χ1) is 9.69. The fraction of sp³-hybridized carbons (Fsp3) is 0.231. The van der Waals surface area contributed by atoms with E-state index >= 15 is 0 Å². The molecule has 104 valence electrons. The van der Waals surface area contributed by atoms with Crippen LogP contribution in [0.5, 0.6) is 0 Å². The van der Waals surface area contributed by atoms with Gasteiger partial charge in [-0.25, -0.2) is 4.98 Å². The lowest BCUT2D eigenvalue weighted by molar-refractivity contribution is -0.297. The van der Waals surface area contributed by atoms with Gasteiger partial charge in [0.2, 0.25) is 5.16 Å². The van der Waals surface area contributed by atoms with Crippen LogP contribution in [-0.2, 0) is 11.2 Å². The molecule has 0 aliphatic carbocycles. The summed E-state index contributed by atoms with van der Waals surface area (Å²) in [5, 5.41) is 18.3. The molecule has 0 aliphatic heterocycles. The first-order valence-electron chi connectivity index (χ1n) is 6.11. The van der Waals surface area contributed by atoms with Crippen molar-refractivity contribution in [1.82, 2.24) is 20.2 Å². The molecule has 0 spiro atoms. The number of hydrogen-bond donors (Lipinski definition) is 1. The number of rotatable bonds is 6. The average Bonchev–Trinajstić information content (AvgIpc) is 2.87. The van der Waals surface area contributed by atoms with Crippen LogP contribution in [0, 0.1) is 0 Å². The highest BCUT2D eigenvalue weighted by atomic mass is 32.2. The Morgan fingerprint density at radius 2 is 2.20 bits per heavy atom. The molecule has 0 aliphatic rings. The van der Waals surface area contributed by atoms with Crippen molar-refractivity contribution in [2.24, 2.45) is 0 Å². The van der Waals surface area contributed by atoms with Crippen LogP contribution in [-0.4, -0.2) is 26.1 Å². The zero-order valence-electron chi connectivity index (χ0n) is 10.9. The summed E-state index contributed by atoms with van der Waals surface area (Å²) in [6.45, 7) is 2.03. The van der Waals surface area contributed by atoms with E-state index in [2.05, 4.69) is 20.2 Å². The van der Waals surface area contributed by atoms with Crippen LogP contribution >= 0.6 is 11.8 Å². The summed E-state index contributed by atoms with van der Waals surface area (Å²) in [6, 6.07) is 3.42. The van der Waals surface area contributed by atoms with Crippen molar-refractivity contribution < 1.29 is 9.90 Å². The van der Waals surface area contributed by atoms with Crippen molar-refractivity contribution in [1.29, 1.82) is 0 Å². The summed E-state index contributed by atoms with van der Waals surface area (Å²) in [4.78, 5) is 19.3. The highest BCUT2D eigenvalue weighted by molar-refractivity contribution is 8.04. The number of aromatic nitrogens is 4. The molecule has 0 saturated heterocycles. The Bertz CT molecular complexity index is 610. The van der Waals surface area contributed by atoms with E-state index in [1.165, 1.54) is 6.08 Å². The van der Waals surface area contributed by atoms with Crippen LogP contribution in [0.4, 0.5) is 0 Å². The van der Waals surface area contributed by atoms with E-state index in [9.17, 15) is 9.90 Å². The third-order valence-corrected chi connectivity index (χ3v) is 3.27. The van der Waals surface area contributed by atoms with Crippen LogP contribution < -0.4 is 5.11 Å². The van der Waals surface area contributed by atoms with Crippen LogP contribution in [0.25, 0.3) is 6.08 Å². The first kappa shape index (κ1) is 14.3. The molecule has 0 aromatic carbocycles. The molecule has 0 fully saturated rings. The average molecular weight is 289 g/mol. The number of nitrogens with zero attached hydrogens (tertiary/aromatic N) is 3. The van der Waals surface area contributed by atoms with E-state index in [0.29, 0.717) is 5.16 Å². The Labute approximate surface area is 120 Å². The maximum absolute atomic E-state index is 11.2. The summed E-state index contributed by atoms with van der Waals surface area (Å²) >= 11 is 0.964. The first-order valence-corrected chi connectivity index (χ1v) is 6.93. The number of thioether (sulfide) groups is 1. The second-order valence-corrected chi connectivity index (χ2v) is 5.00. The number of pyridine rings is 1. The maximum atomic E-state index is 11.2. The van der Waals surface area contributed by atoms with Crippen LogP contribution in [0.1, 0.15) is 24.7 Å². The van der Waals surface area contributed by atoms with Crippen molar-refractivity contribution in [3.63, 3.8) is 0 Å². The number of H-pyrrole nitrogens is 1. The van der Waals surface area contributed by atoms with E-state index < -0.39 is 5.97 Å². The molecule has 20 heavy (non-hydrogen) atoms. The molecule has 0 radical (unpaired) electrons. The number of carbonyl (C=O) groups is 1. The second-order valence-electron chi connectivity index (χ2n) is 3.99. The van der Waals surface area contributed by atoms with Crippen molar-refractivity contribution >= 4 is 23.8 Å². The Hall–Kier alpha value is -2.15. The van der Waals surface area contributed by atoms with Crippen molar-refractivity contribution in [2.45, 2.75) is 24.9 Å². The van der Waals surface area contributed by atoms with Crippen molar-refractivity contribution in [3.05, 3.63) is 40.8 Å². The monoisotopic (exact) mass is 289 g/mol. The Balaban J connectivity index is 2.17. The standard InChI is InChI=1S/C13H14N4O2S/c1-2-3-11-15-13(17-16-11)20-10(12(18)19)8-9-4-6-14-7-5-9/h4-8H,2-3H2,1H3,(H,18,19)(H,15,16,17)/p-1/b10-8+. The molecule has 2 aromatic rings. The van der Waals surface area contributed by atoms with Gasteiger partial charge in [0.15, 0.2) is 0 Å². The quantitative estimate of drug-likeness (QED) is 0.630. The maximum Gasteiger partial charge on any atom is 0.213 e. The smallest absolute Gasteiger partial charge is 0.213 e. The van der Waals surface area contributed by atoms with Gasteiger partial charge in [-0.05, 0) is 42.0 Å². The van der Waals surface area contributed by atoms with E-state index in [4.69, 9.17) is 0 Å². The molecule has 2 rings (SSSR count). The normalized spacial score (nSPS) is 11.6. The predicted octanol–water partition coefficient (Wildman–Crippen LogP) is 1.04. The highest BCUT2D eigenvalue weighted by Crippen LogP contribution is 2.24. The summed E-state index contributed by atoms with van der Waals surface area (Å²) in [5.41, 5.74) is 0.732. The molecule has 2 heterocycles. The van der Waals surface area contributed by atoms with Gasteiger partial charge in [-0.15, -0.1) is 5.10 Å². The van der Waals surface area contributed by atoms with Gasteiger partial charge in [0.1, 0.15) is 5.82 Å². The number of aliphatic carboxylic acids is 1. The molecule has 0 unspecified atom stereocenters. The van der Waals surface area contributed by atoms with Gasteiger partial charge in [-0.3, -0.25) is 10.1 Å². The van der Waals surface area contributed by atoms with Gasteiger partial charge in [-0.2, -0.15) is 0 Å². The minimum Gasteiger partial charge on any atom is -0.544 e. The predicted molar refractivity (Wildman–Crippen MR) is 73.5 cm³/mol. The summed E-state index contributed by atoms with van der Waals surface area (Å²) in [6.07, 6.45) is 6.42. The van der Waals surface area contributed by atoms with Gasteiger partial charge in [0.25, 0.3) is 0 Å². The van der Waals surface area contributed by atoms with E-state index in [-0.39, 0.29) is 4.91 Å². The molecule has 0 bridgehead atoms. The molecular weight excluding hydrogens is 276 g/mol. The lowest BCUT2D eigenvalue weighted by Gasteiger charge is -2.05. The number of aromatic amines is 1. The molecule has 7 heteroatoms. The third kappa shape index (κ3) is 3.92. The van der Waals surface area contributed by atoms with Crippen molar-refractivity contribution in [2.75, 3.05) is 0 Å². The molecule has 0 amide bonds. The fourth-order valence-corrected chi connectivity index (χ4v) is 2.23. The van der Waals surface area contributed by atoms with E-state index in [1.807, 2.05) is 6.92 Å². The SMILES string of the molecule is CCCc1nc(S/C(=C/c2ccncc2)C(=O)[O-])n[nH]1. The molecule has 0 atom stereocenters. The number of hydrogen-bond acceptors (Lipinski definition) is 6. The number of carbonyl (C=O) groups excluding carboxylic acids is 1. The lowest BCUT2D eigenvalue weighted by atomic mass is 10.2. The topological polar surface area (TPSA) is 94.6 Å². The van der Waals surface area contributed by atoms with Gasteiger partial charge >= 0.3 is 0 Å². The van der Waals surface area contributed by atoms with Crippen molar-refractivity contribution in [3.8, 4) is 0 Å². The Morgan fingerprint density at radius 3 is 2.85 bits per heavy atom. The molecule has 1 N–H and O–H groups in total. The zero-order valence-corrected chi connectivity index (χ0v) is 11.7. The minimum absolute atomic E-state index is 0.0539. The fourth-order valence-electron chi connectivity index (χ4n) is 1.51. The Kier molecular flexibility index (Phi) is 4.89. The van der Waals surface area contributed by atoms with Crippen LogP contribution in [0.2, 0.25) is 0 Å². The van der Waals surface area contributed by atoms with E-state index in [1.54, 1.807) is 24.5 Å². The van der Waals surface area contributed by atoms with Gasteiger partial charge in [-0.1, -0.05) is 6.92 Å². The molecular formula is C13H13N4O2S-. The lowest BCUT2D eigenvalue weighted by Crippen LogP contribution is -2.23. The van der Waals surface area contributed by atoms with Gasteiger partial charge < -0.3 is 9.90 Å². The number of aryl methyl sites for hydroxylation is 1. The number of carboxylic acids is 1. The second kappa shape index (κ2) is 6.85. The third-order valence-electron chi connectivity index (χ3n) is 2.40. The highest BCUT2D eigenvalue weighted by Gasteiger charge is 2.08. The largest absolute Gasteiger partial charge is 0.544 e. The van der Waals surface area contributed by atoms with Gasteiger partial charge in [0, 0.05) is 23.7 Å². The summed E-state index contributed by atoms with van der Waals surface area (Å²) in [5.74, 6) is -0.509. The van der Waals surface area contributed by atoms with Gasteiger partial charge in [0.05, 0.1) is 5.97 Å². The minimum atomic E-state index is -1.26. The molecule has 0 saturated carbocycles.